The number of aromatic nitrogens is 1. The number of nitrogens with one attached hydrogen (secondary N) is 1. The first-order valence-electron chi connectivity index (χ1n) is 7.21. The molecule has 1 amide bonds. The SMILES string of the molecule is COC(=O)CCNC(=O)CC1(n2cccc2)CCOCC1. The number of hydrogen-bond acceptors (Lipinski definition) is 4. The van der Waals surface area contributed by atoms with Gasteiger partial charge in [0.2, 0.25) is 5.91 Å². The monoisotopic (exact) mass is 294 g/mol. The Hall–Kier alpha value is -1.82. The van der Waals surface area contributed by atoms with E-state index in [1.54, 1.807) is 0 Å². The fourth-order valence-electron chi connectivity index (χ4n) is 2.70. The van der Waals surface area contributed by atoms with Crippen molar-refractivity contribution in [3.8, 4) is 0 Å². The predicted molar refractivity (Wildman–Crippen MR) is 76.7 cm³/mol. The number of rotatable bonds is 6. The third-order valence-corrected chi connectivity index (χ3v) is 3.94. The van der Waals surface area contributed by atoms with Gasteiger partial charge in [-0.1, -0.05) is 0 Å². The van der Waals surface area contributed by atoms with Gasteiger partial charge >= 0.3 is 5.97 Å². The van der Waals surface area contributed by atoms with Crippen LogP contribution < -0.4 is 5.32 Å². The number of ether oxygens (including phenoxy) is 2. The maximum absolute atomic E-state index is 12.2. The van der Waals surface area contributed by atoms with Crippen molar-refractivity contribution in [2.75, 3.05) is 26.9 Å². The second-order valence-corrected chi connectivity index (χ2v) is 5.28. The van der Waals surface area contributed by atoms with Crippen LogP contribution >= 0.6 is 0 Å². The molecule has 1 fully saturated rings. The highest BCUT2D eigenvalue weighted by atomic mass is 16.5. The zero-order valence-electron chi connectivity index (χ0n) is 12.3. The first-order valence-corrected chi connectivity index (χ1v) is 7.21. The topological polar surface area (TPSA) is 69.6 Å². The van der Waals surface area contributed by atoms with Gasteiger partial charge in [-0.3, -0.25) is 9.59 Å². The summed E-state index contributed by atoms with van der Waals surface area (Å²) in [5, 5.41) is 2.79. The summed E-state index contributed by atoms with van der Waals surface area (Å²) in [5.74, 6) is -0.365. The lowest BCUT2D eigenvalue weighted by atomic mass is 9.86. The summed E-state index contributed by atoms with van der Waals surface area (Å²) in [5.41, 5.74) is -0.225. The van der Waals surface area contributed by atoms with Crippen LogP contribution in [0.3, 0.4) is 0 Å². The van der Waals surface area contributed by atoms with E-state index in [1.807, 2.05) is 24.5 Å². The summed E-state index contributed by atoms with van der Waals surface area (Å²) in [4.78, 5) is 23.2. The largest absolute Gasteiger partial charge is 0.469 e. The van der Waals surface area contributed by atoms with E-state index < -0.39 is 0 Å². The summed E-state index contributed by atoms with van der Waals surface area (Å²) in [6.07, 6.45) is 6.20. The first kappa shape index (κ1) is 15.6. The lowest BCUT2D eigenvalue weighted by Crippen LogP contribution is -2.43. The van der Waals surface area contributed by atoms with Crippen LogP contribution in [0.1, 0.15) is 25.7 Å². The standard InChI is InChI=1S/C15H22N2O4/c1-20-14(19)4-7-16-13(18)12-15(5-10-21-11-6-15)17-8-2-3-9-17/h2-3,8-9H,4-7,10-12H2,1H3,(H,16,18). The van der Waals surface area contributed by atoms with E-state index in [9.17, 15) is 9.59 Å². The van der Waals surface area contributed by atoms with E-state index in [1.165, 1.54) is 7.11 Å². The van der Waals surface area contributed by atoms with Gasteiger partial charge in [0.05, 0.1) is 25.5 Å². The Bertz CT molecular complexity index is 464. The van der Waals surface area contributed by atoms with Gasteiger partial charge in [-0.05, 0) is 25.0 Å². The molecular weight excluding hydrogens is 272 g/mol. The van der Waals surface area contributed by atoms with Crippen molar-refractivity contribution >= 4 is 11.9 Å². The number of esters is 1. The van der Waals surface area contributed by atoms with Crippen molar-refractivity contribution in [3.05, 3.63) is 24.5 Å². The van der Waals surface area contributed by atoms with Gasteiger partial charge in [0.1, 0.15) is 0 Å². The highest BCUT2D eigenvalue weighted by Crippen LogP contribution is 2.32. The molecule has 0 atom stereocenters. The smallest absolute Gasteiger partial charge is 0.307 e. The molecule has 6 nitrogen and oxygen atoms in total. The molecule has 1 aliphatic rings. The van der Waals surface area contributed by atoms with E-state index in [4.69, 9.17) is 4.74 Å². The predicted octanol–water partition coefficient (Wildman–Crippen LogP) is 1.06. The first-order chi connectivity index (χ1) is 10.2. The molecule has 1 saturated heterocycles. The summed E-state index contributed by atoms with van der Waals surface area (Å²) in [6.45, 7) is 1.63. The maximum atomic E-state index is 12.2. The molecule has 0 radical (unpaired) electrons. The number of amides is 1. The van der Waals surface area contributed by atoms with Crippen LogP contribution in [0.2, 0.25) is 0 Å². The molecule has 0 unspecified atom stereocenters. The molecule has 21 heavy (non-hydrogen) atoms. The average molecular weight is 294 g/mol. The highest BCUT2D eigenvalue weighted by molar-refractivity contribution is 5.78. The molecule has 0 aromatic carbocycles. The van der Waals surface area contributed by atoms with Crippen LogP contribution in [-0.2, 0) is 24.6 Å². The van der Waals surface area contributed by atoms with Crippen LogP contribution in [0, 0.1) is 0 Å². The Kier molecular flexibility index (Phi) is 5.38. The van der Waals surface area contributed by atoms with Gasteiger partial charge < -0.3 is 19.4 Å². The molecule has 0 bridgehead atoms. The summed E-state index contributed by atoms with van der Waals surface area (Å²) < 4.78 is 12.1. The number of carbonyl (C=O) groups excluding carboxylic acids is 2. The zero-order valence-corrected chi connectivity index (χ0v) is 12.3. The van der Waals surface area contributed by atoms with Gasteiger partial charge in [-0.15, -0.1) is 0 Å². The molecule has 2 rings (SSSR count). The Morgan fingerprint density at radius 2 is 1.95 bits per heavy atom. The van der Waals surface area contributed by atoms with Crippen molar-refractivity contribution < 1.29 is 19.1 Å². The molecule has 0 aliphatic carbocycles. The van der Waals surface area contributed by atoms with E-state index in [2.05, 4.69) is 14.6 Å². The van der Waals surface area contributed by atoms with Crippen molar-refractivity contribution in [1.29, 1.82) is 0 Å². The Balaban J connectivity index is 1.93. The quantitative estimate of drug-likeness (QED) is 0.797. The molecule has 1 aliphatic heterocycles. The number of carbonyl (C=O) groups is 2. The second kappa shape index (κ2) is 7.26. The normalized spacial score (nSPS) is 17.2. The molecule has 2 heterocycles. The van der Waals surface area contributed by atoms with Gasteiger partial charge in [0, 0.05) is 32.2 Å². The molecular formula is C15H22N2O4. The van der Waals surface area contributed by atoms with Crippen LogP contribution in [0.25, 0.3) is 0 Å². The van der Waals surface area contributed by atoms with Crippen LogP contribution in [-0.4, -0.2) is 43.3 Å². The summed E-state index contributed by atoms with van der Waals surface area (Å²) in [7, 11) is 1.34. The molecule has 1 N–H and O–H groups in total. The van der Waals surface area contributed by atoms with Gasteiger partial charge in [0.25, 0.3) is 0 Å². The summed E-state index contributed by atoms with van der Waals surface area (Å²) >= 11 is 0. The van der Waals surface area contributed by atoms with Crippen molar-refractivity contribution in [2.45, 2.75) is 31.2 Å². The van der Waals surface area contributed by atoms with Crippen LogP contribution in [0.4, 0.5) is 0 Å². The van der Waals surface area contributed by atoms with Gasteiger partial charge in [-0.2, -0.15) is 0 Å². The summed E-state index contributed by atoms with van der Waals surface area (Å²) in [6, 6.07) is 3.93. The Morgan fingerprint density at radius 1 is 1.29 bits per heavy atom. The third kappa shape index (κ3) is 4.07. The van der Waals surface area contributed by atoms with E-state index in [0.29, 0.717) is 26.2 Å². The van der Waals surface area contributed by atoms with E-state index in [0.717, 1.165) is 12.8 Å². The minimum Gasteiger partial charge on any atom is -0.469 e. The third-order valence-electron chi connectivity index (χ3n) is 3.94. The molecule has 1 aromatic rings. The van der Waals surface area contributed by atoms with Gasteiger partial charge in [-0.25, -0.2) is 0 Å². The Labute approximate surface area is 124 Å². The fourth-order valence-corrected chi connectivity index (χ4v) is 2.70. The molecule has 0 spiro atoms. The minimum absolute atomic E-state index is 0.0468. The van der Waals surface area contributed by atoms with Crippen LogP contribution in [0.5, 0.6) is 0 Å². The second-order valence-electron chi connectivity index (χ2n) is 5.28. The number of methoxy groups -OCH3 is 1. The minimum atomic E-state index is -0.318. The Morgan fingerprint density at radius 3 is 2.57 bits per heavy atom. The van der Waals surface area contributed by atoms with E-state index >= 15 is 0 Å². The zero-order chi connectivity index (χ0) is 15.1. The molecule has 0 saturated carbocycles. The number of hydrogen-bond donors (Lipinski definition) is 1. The molecule has 116 valence electrons. The average Bonchev–Trinajstić information content (AvgIpc) is 3.03. The lowest BCUT2D eigenvalue weighted by molar-refractivity contribution is -0.140. The van der Waals surface area contributed by atoms with E-state index in [-0.39, 0.29) is 23.8 Å². The number of nitrogens with zero attached hydrogens (tertiary/aromatic N) is 1. The maximum Gasteiger partial charge on any atom is 0.307 e. The highest BCUT2D eigenvalue weighted by Gasteiger charge is 2.35. The molecule has 1 aromatic heterocycles. The fraction of sp³-hybridized carbons (Fsp3) is 0.600. The van der Waals surface area contributed by atoms with Crippen molar-refractivity contribution in [2.24, 2.45) is 0 Å². The molecule has 6 heteroatoms. The van der Waals surface area contributed by atoms with Gasteiger partial charge in [0.15, 0.2) is 0 Å². The van der Waals surface area contributed by atoms with Crippen LogP contribution in [0.15, 0.2) is 24.5 Å². The van der Waals surface area contributed by atoms with Crippen molar-refractivity contribution in [1.82, 2.24) is 9.88 Å². The lowest BCUT2D eigenvalue weighted by Gasteiger charge is -2.38. The van der Waals surface area contributed by atoms with Crippen molar-refractivity contribution in [3.63, 3.8) is 0 Å².